The number of nitrogens with zero attached hydrogens (tertiary/aromatic N) is 2. The highest BCUT2D eigenvalue weighted by Gasteiger charge is 2.21. The van der Waals surface area contributed by atoms with Crippen LogP contribution < -0.4 is 4.72 Å². The lowest BCUT2D eigenvalue weighted by Gasteiger charge is -2.18. The average molecular weight is 422 g/mol. The van der Waals surface area contributed by atoms with Crippen molar-refractivity contribution < 1.29 is 8.42 Å². The van der Waals surface area contributed by atoms with Gasteiger partial charge in [-0.1, -0.05) is 74.0 Å². The molecule has 0 unspecified atom stereocenters. The number of hydrogen-bond donors (Lipinski definition) is 1. The van der Waals surface area contributed by atoms with Crippen LogP contribution in [0.1, 0.15) is 31.9 Å². The molecule has 0 aliphatic heterocycles. The van der Waals surface area contributed by atoms with E-state index >= 15 is 0 Å². The highest BCUT2D eigenvalue weighted by atomic mass is 35.5. The zero-order chi connectivity index (χ0) is 19.8. The van der Waals surface area contributed by atoms with Gasteiger partial charge in [0.2, 0.25) is 5.13 Å². The molecule has 0 atom stereocenters. The Morgan fingerprint density at radius 1 is 1.04 bits per heavy atom. The molecule has 27 heavy (non-hydrogen) atoms. The van der Waals surface area contributed by atoms with Gasteiger partial charge in [0.05, 0.1) is 4.90 Å². The summed E-state index contributed by atoms with van der Waals surface area (Å²) < 4.78 is 27.8. The quantitative estimate of drug-likeness (QED) is 0.623. The van der Waals surface area contributed by atoms with Crippen LogP contribution in [0.4, 0.5) is 5.13 Å². The predicted molar refractivity (Wildman–Crippen MR) is 111 cm³/mol. The average Bonchev–Trinajstić information content (AvgIpc) is 3.04. The third kappa shape index (κ3) is 4.31. The Hall–Kier alpha value is -1.96. The van der Waals surface area contributed by atoms with Crippen molar-refractivity contribution in [2.24, 2.45) is 0 Å². The standard InChI is InChI=1S/C19H20ClN3O2S2/c1-12-15(20)6-5-7-16(12)27(24,25)23-18-22-21-17(26-18)13-8-10-14(11-9-13)19(2,3)4/h5-11H,1-4H3,(H,22,23). The minimum Gasteiger partial charge on any atom is -0.253 e. The number of rotatable bonds is 4. The van der Waals surface area contributed by atoms with Gasteiger partial charge in [0.15, 0.2) is 0 Å². The van der Waals surface area contributed by atoms with Gasteiger partial charge in [0.1, 0.15) is 5.01 Å². The monoisotopic (exact) mass is 421 g/mol. The van der Waals surface area contributed by atoms with Crippen LogP contribution in [0, 0.1) is 6.92 Å². The zero-order valence-electron chi connectivity index (χ0n) is 15.4. The van der Waals surface area contributed by atoms with E-state index in [2.05, 4.69) is 47.8 Å². The van der Waals surface area contributed by atoms with E-state index in [1.54, 1.807) is 19.1 Å². The summed E-state index contributed by atoms with van der Waals surface area (Å²) in [5.74, 6) is 0. The summed E-state index contributed by atoms with van der Waals surface area (Å²) >= 11 is 7.22. The number of nitrogens with one attached hydrogen (secondary N) is 1. The first-order valence-electron chi connectivity index (χ1n) is 8.30. The molecule has 2 aromatic carbocycles. The van der Waals surface area contributed by atoms with Gasteiger partial charge in [0.25, 0.3) is 10.0 Å². The first kappa shape index (κ1) is 19.8. The van der Waals surface area contributed by atoms with Crippen molar-refractivity contribution in [2.45, 2.75) is 38.0 Å². The van der Waals surface area contributed by atoms with Gasteiger partial charge >= 0.3 is 0 Å². The van der Waals surface area contributed by atoms with Gasteiger partial charge in [-0.25, -0.2) is 8.42 Å². The lowest BCUT2D eigenvalue weighted by atomic mass is 9.87. The third-order valence-corrected chi connectivity index (χ3v) is 7.06. The van der Waals surface area contributed by atoms with Crippen LogP contribution in [-0.4, -0.2) is 18.6 Å². The maximum atomic E-state index is 12.6. The molecule has 0 saturated heterocycles. The predicted octanol–water partition coefficient (Wildman–Crippen LogP) is 5.27. The zero-order valence-corrected chi connectivity index (χ0v) is 17.8. The molecule has 1 N–H and O–H groups in total. The van der Waals surface area contributed by atoms with E-state index in [1.165, 1.54) is 23.0 Å². The molecule has 0 aliphatic carbocycles. The largest absolute Gasteiger partial charge is 0.264 e. The van der Waals surface area contributed by atoms with Gasteiger partial charge in [0, 0.05) is 10.6 Å². The van der Waals surface area contributed by atoms with Crippen LogP contribution in [0.3, 0.4) is 0 Å². The van der Waals surface area contributed by atoms with Crippen LogP contribution >= 0.6 is 22.9 Å². The van der Waals surface area contributed by atoms with Gasteiger partial charge in [-0.3, -0.25) is 4.72 Å². The fourth-order valence-corrected chi connectivity index (χ4v) is 5.02. The molecule has 0 radical (unpaired) electrons. The van der Waals surface area contributed by atoms with Crippen molar-refractivity contribution in [2.75, 3.05) is 4.72 Å². The minimum atomic E-state index is -3.79. The fourth-order valence-electron chi connectivity index (χ4n) is 2.54. The summed E-state index contributed by atoms with van der Waals surface area (Å²) in [6.07, 6.45) is 0. The van der Waals surface area contributed by atoms with Crippen LogP contribution in [0.15, 0.2) is 47.4 Å². The number of anilines is 1. The SMILES string of the molecule is Cc1c(Cl)cccc1S(=O)(=O)Nc1nnc(-c2ccc(C(C)(C)C)cc2)s1. The number of benzene rings is 2. The molecule has 5 nitrogen and oxygen atoms in total. The number of aromatic nitrogens is 2. The van der Waals surface area contributed by atoms with Gasteiger partial charge in [-0.2, -0.15) is 0 Å². The van der Waals surface area contributed by atoms with Gasteiger partial charge in [-0.05, 0) is 35.6 Å². The summed E-state index contributed by atoms with van der Waals surface area (Å²) in [6.45, 7) is 8.12. The molecule has 0 aliphatic rings. The van der Waals surface area contributed by atoms with Crippen LogP contribution in [0.25, 0.3) is 10.6 Å². The Balaban J connectivity index is 1.85. The first-order valence-corrected chi connectivity index (χ1v) is 11.0. The normalized spacial score (nSPS) is 12.2. The second-order valence-electron chi connectivity index (χ2n) is 7.21. The van der Waals surface area contributed by atoms with Gasteiger partial charge in [-0.15, -0.1) is 10.2 Å². The molecule has 3 rings (SSSR count). The Morgan fingerprint density at radius 3 is 2.33 bits per heavy atom. The summed E-state index contributed by atoms with van der Waals surface area (Å²) in [5.41, 5.74) is 2.67. The van der Waals surface area contributed by atoms with E-state index in [0.29, 0.717) is 15.6 Å². The molecule has 0 amide bonds. The molecule has 142 valence electrons. The van der Waals surface area contributed by atoms with Gasteiger partial charge < -0.3 is 0 Å². The summed E-state index contributed by atoms with van der Waals surface area (Å²) in [4.78, 5) is 0.126. The number of sulfonamides is 1. The molecule has 3 aromatic rings. The molecule has 0 spiro atoms. The van der Waals surface area contributed by atoms with E-state index in [0.717, 1.165) is 5.56 Å². The lowest BCUT2D eigenvalue weighted by molar-refractivity contribution is 0.590. The second-order valence-corrected chi connectivity index (χ2v) is 10.2. The second kappa shape index (κ2) is 7.22. The molecular formula is C19H20ClN3O2S2. The van der Waals surface area contributed by atoms with Crippen molar-refractivity contribution in [1.29, 1.82) is 0 Å². The first-order chi connectivity index (χ1) is 12.6. The van der Waals surface area contributed by atoms with E-state index in [9.17, 15) is 8.42 Å². The third-order valence-electron chi connectivity index (χ3n) is 4.15. The number of halogens is 1. The lowest BCUT2D eigenvalue weighted by Crippen LogP contribution is -2.14. The molecule has 1 aromatic heterocycles. The van der Waals surface area contributed by atoms with Crippen molar-refractivity contribution in [1.82, 2.24) is 10.2 Å². The molecule has 0 saturated carbocycles. The van der Waals surface area contributed by atoms with Crippen molar-refractivity contribution in [3.05, 3.63) is 58.6 Å². The summed E-state index contributed by atoms with van der Waals surface area (Å²) in [5, 5.41) is 9.34. The summed E-state index contributed by atoms with van der Waals surface area (Å²) in [6, 6.07) is 12.8. The fraction of sp³-hybridized carbons (Fsp3) is 0.263. The van der Waals surface area contributed by atoms with Crippen molar-refractivity contribution in [3.63, 3.8) is 0 Å². The minimum absolute atomic E-state index is 0.0648. The van der Waals surface area contributed by atoms with E-state index < -0.39 is 10.0 Å². The van der Waals surface area contributed by atoms with E-state index in [-0.39, 0.29) is 15.4 Å². The van der Waals surface area contributed by atoms with E-state index in [1.807, 2.05) is 12.1 Å². The Bertz CT molecular complexity index is 1070. The Labute approximate surface area is 168 Å². The maximum absolute atomic E-state index is 12.6. The van der Waals surface area contributed by atoms with Crippen LogP contribution in [-0.2, 0) is 15.4 Å². The maximum Gasteiger partial charge on any atom is 0.264 e. The topological polar surface area (TPSA) is 72.0 Å². The summed E-state index contributed by atoms with van der Waals surface area (Å²) in [7, 11) is -3.79. The molecule has 0 bridgehead atoms. The highest BCUT2D eigenvalue weighted by molar-refractivity contribution is 7.93. The molecular weight excluding hydrogens is 402 g/mol. The highest BCUT2D eigenvalue weighted by Crippen LogP contribution is 2.31. The Morgan fingerprint density at radius 2 is 1.70 bits per heavy atom. The number of hydrogen-bond acceptors (Lipinski definition) is 5. The molecule has 0 fully saturated rings. The van der Waals surface area contributed by atoms with Crippen molar-refractivity contribution in [3.8, 4) is 10.6 Å². The smallest absolute Gasteiger partial charge is 0.253 e. The van der Waals surface area contributed by atoms with E-state index in [4.69, 9.17) is 11.6 Å². The van der Waals surface area contributed by atoms with Crippen LogP contribution in [0.2, 0.25) is 5.02 Å². The molecule has 8 heteroatoms. The van der Waals surface area contributed by atoms with Crippen LogP contribution in [0.5, 0.6) is 0 Å². The Kier molecular flexibility index (Phi) is 5.29. The molecule has 1 heterocycles. The van der Waals surface area contributed by atoms with Crippen molar-refractivity contribution >= 4 is 38.1 Å².